The molecule has 11 nitrogen and oxygen atoms in total. The Hall–Kier alpha value is -2.88. The maximum atomic E-state index is 9.87. The molecule has 2 aromatic carbocycles. The average molecular weight is 1270 g/mol. The minimum atomic E-state index is -10.7. The van der Waals surface area contributed by atoms with Crippen LogP contribution in [0.15, 0.2) is 60.7 Å². The fourth-order valence-electron chi connectivity index (χ4n) is 9.60. The van der Waals surface area contributed by atoms with E-state index in [2.05, 4.69) is 151 Å². The summed E-state index contributed by atoms with van der Waals surface area (Å²) in [4.78, 5) is 0. The molecular weight excluding hydrogens is 1200 g/mol. The summed E-state index contributed by atoms with van der Waals surface area (Å²) in [6, 6.07) is 24.4. The van der Waals surface area contributed by atoms with E-state index in [4.69, 9.17) is 4.43 Å². The van der Waals surface area contributed by atoms with Crippen molar-refractivity contribution in [2.45, 2.75) is 101 Å². The van der Waals surface area contributed by atoms with Gasteiger partial charge < -0.3 is 9.53 Å². The van der Waals surface area contributed by atoms with Gasteiger partial charge in [-0.25, -0.2) is 0 Å². The van der Waals surface area contributed by atoms with Crippen LogP contribution in [0.3, 0.4) is 0 Å². The number of thioether (sulfide) groups is 2. The normalized spacial score (nSPS) is 26.5. The van der Waals surface area contributed by atoms with Crippen molar-refractivity contribution < 1.29 is 98.8 Å². The van der Waals surface area contributed by atoms with Gasteiger partial charge in [-0.1, -0.05) is 81.4 Å². The number of nitrogens with zero attached hydrogens (tertiary/aromatic N) is 3. The van der Waals surface area contributed by atoms with Gasteiger partial charge in [-0.15, -0.1) is 0 Å². The van der Waals surface area contributed by atoms with Gasteiger partial charge in [0.1, 0.15) is 6.04 Å². The molecule has 6 atom stereocenters. The SMILES string of the molecule is CC(C)(C)[Si](OC[C@H]1CC[N+]2=C(N1)N[C@@H](CSC[C@H]1CC[N+]3=C(N1)N[C@@H](CSC[C@H]1CC[N+]4=C(N1)N[C@@H](CO)CC4)CC3)CC2)(c1ccccc1)c1ccccc1.F[P-](F)(F)(F)(F)F.F[P-](F)(F)(F)(F)F.F[P-](F)(F)(F)(F)F. The molecule has 78 heavy (non-hydrogen) atoms. The van der Waals surface area contributed by atoms with Crippen molar-refractivity contribution in [1.82, 2.24) is 31.9 Å². The fraction of sp³-hybridized carbons (Fsp3) is 0.651. The number of guanidine groups is 3. The molecule has 8 rings (SSSR count). The summed E-state index contributed by atoms with van der Waals surface area (Å²) in [5.74, 6) is 8.08. The van der Waals surface area contributed by atoms with Crippen LogP contribution in [0.4, 0.5) is 75.5 Å². The first-order valence-corrected chi connectivity index (χ1v) is 35.1. The number of nitrogens with one attached hydrogen (secondary N) is 6. The van der Waals surface area contributed by atoms with E-state index in [0.717, 1.165) is 81.1 Å². The van der Waals surface area contributed by atoms with Gasteiger partial charge in [0.05, 0.1) is 82.7 Å². The van der Waals surface area contributed by atoms with Crippen molar-refractivity contribution in [3.05, 3.63) is 60.7 Å². The predicted molar refractivity (Wildman–Crippen MR) is 280 cm³/mol. The molecule has 6 aliphatic rings. The molecule has 0 spiro atoms. The van der Waals surface area contributed by atoms with E-state index < -0.39 is 31.7 Å². The van der Waals surface area contributed by atoms with Gasteiger partial charge in [0, 0.05) is 61.5 Å². The molecule has 0 aliphatic carbocycles. The monoisotopic (exact) mass is 1270 g/mol. The van der Waals surface area contributed by atoms with Crippen molar-refractivity contribution in [2.24, 2.45) is 0 Å². The second kappa shape index (κ2) is 22.4. The van der Waals surface area contributed by atoms with Crippen molar-refractivity contribution >= 4 is 83.5 Å². The molecule has 0 bridgehead atoms. The molecule has 0 saturated heterocycles. The molecule has 6 aliphatic heterocycles. The number of aliphatic hydroxyl groups excluding tert-OH is 1. The number of benzene rings is 2. The molecule has 0 aromatic heterocycles. The molecular formula is C43H68F18N9O2P3S2Si. The topological polar surface area (TPSA) is 111 Å². The van der Waals surface area contributed by atoms with Crippen LogP contribution in [-0.4, -0.2) is 157 Å². The van der Waals surface area contributed by atoms with E-state index in [-0.39, 0.29) is 23.7 Å². The molecule has 454 valence electrons. The Morgan fingerprint density at radius 3 is 0.962 bits per heavy atom. The zero-order valence-electron chi connectivity index (χ0n) is 42.6. The van der Waals surface area contributed by atoms with Crippen LogP contribution in [0.25, 0.3) is 0 Å². The van der Waals surface area contributed by atoms with Crippen LogP contribution in [-0.2, 0) is 4.43 Å². The number of hydrogen-bond donors (Lipinski definition) is 7. The van der Waals surface area contributed by atoms with Crippen LogP contribution in [0.2, 0.25) is 5.04 Å². The molecule has 0 saturated carbocycles. The quantitative estimate of drug-likeness (QED) is 0.0428. The van der Waals surface area contributed by atoms with E-state index in [1.807, 2.05) is 0 Å². The van der Waals surface area contributed by atoms with Crippen LogP contribution in [0.1, 0.15) is 59.3 Å². The van der Waals surface area contributed by atoms with Crippen molar-refractivity contribution in [1.29, 1.82) is 0 Å². The summed E-state index contributed by atoms with van der Waals surface area (Å²) in [5, 5.41) is 35.1. The van der Waals surface area contributed by atoms with E-state index in [1.54, 1.807) is 0 Å². The number of aliphatic hydroxyl groups is 1. The molecule has 35 heteroatoms. The van der Waals surface area contributed by atoms with Gasteiger partial charge in [0.15, 0.2) is 0 Å². The van der Waals surface area contributed by atoms with Crippen molar-refractivity contribution in [2.75, 3.05) is 75.5 Å². The number of hydrogen-bond acceptors (Lipinski definition) is 10. The van der Waals surface area contributed by atoms with Crippen LogP contribution in [0.5, 0.6) is 0 Å². The minimum absolute atomic E-state index is 0.0262. The third kappa shape index (κ3) is 26.4. The van der Waals surface area contributed by atoms with Gasteiger partial charge in [0.2, 0.25) is 0 Å². The Balaban J connectivity index is 0.000000451. The Morgan fingerprint density at radius 2 is 0.692 bits per heavy atom. The molecule has 2 aromatic rings. The van der Waals surface area contributed by atoms with Gasteiger partial charge in [-0.2, -0.15) is 23.5 Å². The Bertz CT molecular complexity index is 2330. The van der Waals surface area contributed by atoms with Crippen molar-refractivity contribution in [3.8, 4) is 0 Å². The zero-order chi connectivity index (χ0) is 58.5. The molecule has 0 fully saturated rings. The van der Waals surface area contributed by atoms with Gasteiger partial charge in [-0.05, 0) is 15.4 Å². The first kappa shape index (κ1) is 65.9. The third-order valence-electron chi connectivity index (χ3n) is 12.9. The number of halogens is 18. The van der Waals surface area contributed by atoms with E-state index in [1.165, 1.54) is 48.0 Å². The van der Waals surface area contributed by atoms with Crippen molar-refractivity contribution in [3.63, 3.8) is 0 Å². The maximum absolute atomic E-state index is 10.7. The molecule has 0 unspecified atom stereocenters. The number of rotatable bonds is 14. The van der Waals surface area contributed by atoms with E-state index in [9.17, 15) is 80.7 Å². The summed E-state index contributed by atoms with van der Waals surface area (Å²) < 4.78 is 192. The second-order valence-electron chi connectivity index (χ2n) is 20.9. The van der Waals surface area contributed by atoms with E-state index in [0.29, 0.717) is 30.8 Å². The van der Waals surface area contributed by atoms with Crippen LogP contribution in [0, 0.1) is 0 Å². The van der Waals surface area contributed by atoms with Crippen LogP contribution >= 0.6 is 46.9 Å². The fourth-order valence-corrected chi connectivity index (χ4v) is 16.6. The Labute approximate surface area is 449 Å². The third-order valence-corrected chi connectivity index (χ3v) is 20.5. The Kier molecular flexibility index (Phi) is 18.9. The zero-order valence-corrected chi connectivity index (χ0v) is 47.9. The molecule has 6 heterocycles. The molecule has 0 amide bonds. The summed E-state index contributed by atoms with van der Waals surface area (Å²) in [6.45, 7) is 14.6. The standard InChI is InChI=1S/C43H65N9O2S2Si.3F6P/c1-43(2,3)57(38-10-6-4-7-11-38,39-12-8-5-9-13-39)54-27-33-15-21-51-23-17-35(47-41(51)45-33)29-56-31-37-19-25-52-24-18-36(48-42(52)49-37)30-55-28-34-16-22-50-20-14-32(26-53)44-40(50)46-34;3*1-7(2,3,4,5)6/h4-13,32-37,53H,14-31H2,1-3H3,(H3,44,45,46,47,48,49);;;/q;3*-1/p+3/t32-,33-,34-,35-,36-,37-;;;/m1.../s1. The summed E-state index contributed by atoms with van der Waals surface area (Å²) in [7, 11) is -34.5. The van der Waals surface area contributed by atoms with Crippen LogP contribution < -0.4 is 42.3 Å². The summed E-state index contributed by atoms with van der Waals surface area (Å²) in [6.07, 6.45) is 6.85. The molecule has 7 N–H and O–H groups in total. The average Bonchev–Trinajstić information content (AvgIpc) is 3.28. The first-order valence-electron chi connectivity index (χ1n) is 24.8. The second-order valence-corrected chi connectivity index (χ2v) is 33.1. The van der Waals surface area contributed by atoms with Gasteiger partial charge in [0.25, 0.3) is 8.32 Å². The Morgan fingerprint density at radius 1 is 0.449 bits per heavy atom. The summed E-state index contributed by atoms with van der Waals surface area (Å²) in [5.41, 5.74) is 0. The van der Waals surface area contributed by atoms with E-state index >= 15 is 0 Å². The first-order chi connectivity index (χ1) is 35.1. The summed E-state index contributed by atoms with van der Waals surface area (Å²) >= 11 is 4.17. The predicted octanol–water partition coefficient (Wildman–Crippen LogP) is 11.4. The van der Waals surface area contributed by atoms with Gasteiger partial charge in [-0.3, -0.25) is 45.6 Å². The molecule has 0 radical (unpaired) electrons. The van der Waals surface area contributed by atoms with Gasteiger partial charge >= 0.3 is 117 Å².